The molecule has 25 nitrogen and oxygen atoms in total. The standard InChI is InChI=1S/C69H107ClN8O17S/c1-16-46(8)63(55(91-14)41-58(81)77-30-20-23-53(77)64(92-15)48(10)65(83)71-52(69(87)88)40-50-21-18-17-19-22-50)76(13)68(86)61(44(4)5)73-66(84)62(45(6)7)74(11)31-28-49-24-26-51(27-25-49)75(12)67(85)47(9)39-54(79)60(43(2)3)72-57(80)29-33-93-35-37-95-38-36-94-34-32-78-59(82)42-56(70)96(78,89)90/h17-19,21-22,24-27,42-48,52-53,55,60-64H,16,20,23,28-41H2,1-15H3,(H,71,83)(H,72,80)(H,73,84)(H,87,88)/t46-,47+,48+,52+,53?,55+,60-,61-,62-,63+,64+/m0/s1. The summed E-state index contributed by atoms with van der Waals surface area (Å²) in [5.74, 6) is -6.60. The van der Waals surface area contributed by atoms with Crippen molar-refractivity contribution >= 4 is 80.4 Å². The molecule has 0 aromatic heterocycles. The smallest absolute Gasteiger partial charge is 0.326 e. The molecule has 2 aromatic carbocycles. The first-order valence-electron chi connectivity index (χ1n) is 33.4. The van der Waals surface area contributed by atoms with Gasteiger partial charge in [-0.25, -0.2) is 9.10 Å². The fraction of sp³-hybridized carbons (Fsp3) is 0.667. The quantitative estimate of drug-likeness (QED) is 0.0600. The molecule has 2 heterocycles. The first-order chi connectivity index (χ1) is 45.3. The number of hydrogen-bond acceptors (Lipinski definition) is 17. The number of carbonyl (C=O) groups excluding carboxylic acids is 8. The van der Waals surface area contributed by atoms with Gasteiger partial charge < -0.3 is 59.4 Å². The van der Waals surface area contributed by atoms with E-state index < -0.39 is 92.5 Å². The Kier molecular flexibility index (Phi) is 34.1. The zero-order valence-electron chi connectivity index (χ0n) is 58.9. The van der Waals surface area contributed by atoms with E-state index in [-0.39, 0.29) is 131 Å². The predicted molar refractivity (Wildman–Crippen MR) is 365 cm³/mol. The Hall–Kier alpha value is -6.39. The van der Waals surface area contributed by atoms with Crippen LogP contribution in [-0.2, 0) is 89.7 Å². The van der Waals surface area contributed by atoms with Crippen LogP contribution in [0.3, 0.4) is 0 Å². The molecule has 538 valence electrons. The van der Waals surface area contributed by atoms with Gasteiger partial charge in [-0.1, -0.05) is 130 Å². The number of sulfonamides is 1. The Morgan fingerprint density at radius 3 is 1.86 bits per heavy atom. The van der Waals surface area contributed by atoms with Crippen molar-refractivity contribution in [3.63, 3.8) is 0 Å². The van der Waals surface area contributed by atoms with Crippen molar-refractivity contribution in [2.24, 2.45) is 35.5 Å². The number of carboxylic acid groups (broad SMARTS) is 1. The number of likely N-dealkylation sites (N-methyl/N-ethyl adjacent to an activating group) is 2. The van der Waals surface area contributed by atoms with Gasteiger partial charge in [0.25, 0.3) is 15.9 Å². The van der Waals surface area contributed by atoms with Gasteiger partial charge in [0, 0.05) is 78.3 Å². The number of ether oxygens (including phenoxy) is 5. The number of halogens is 1. The van der Waals surface area contributed by atoms with Crippen LogP contribution in [0.5, 0.6) is 0 Å². The topological polar surface area (TPSA) is 306 Å². The molecule has 1 fully saturated rings. The van der Waals surface area contributed by atoms with Crippen LogP contribution in [0.1, 0.15) is 119 Å². The Morgan fingerprint density at radius 1 is 0.719 bits per heavy atom. The van der Waals surface area contributed by atoms with E-state index in [2.05, 4.69) is 16.0 Å². The highest BCUT2D eigenvalue weighted by atomic mass is 35.5. The highest BCUT2D eigenvalue weighted by Crippen LogP contribution is 2.31. The lowest BCUT2D eigenvalue weighted by atomic mass is 9.89. The van der Waals surface area contributed by atoms with Crippen LogP contribution in [0.15, 0.2) is 65.0 Å². The molecule has 0 saturated carbocycles. The minimum atomic E-state index is -4.00. The number of carboxylic acids is 1. The summed E-state index contributed by atoms with van der Waals surface area (Å²) in [5, 5.41) is 18.6. The maximum absolute atomic E-state index is 14.8. The summed E-state index contributed by atoms with van der Waals surface area (Å²) in [4.78, 5) is 129. The second-order valence-electron chi connectivity index (χ2n) is 26.2. The van der Waals surface area contributed by atoms with E-state index in [1.54, 1.807) is 62.0 Å². The maximum atomic E-state index is 14.8. The lowest BCUT2D eigenvalue weighted by Crippen LogP contribution is -2.60. The van der Waals surface area contributed by atoms with E-state index in [9.17, 15) is 56.7 Å². The molecule has 4 rings (SSSR count). The zero-order valence-corrected chi connectivity index (χ0v) is 60.5. The third kappa shape index (κ3) is 23.7. The van der Waals surface area contributed by atoms with Crippen LogP contribution in [0.25, 0.3) is 0 Å². The van der Waals surface area contributed by atoms with E-state index in [0.717, 1.165) is 17.2 Å². The van der Waals surface area contributed by atoms with Crippen molar-refractivity contribution in [3.8, 4) is 0 Å². The number of nitrogens with zero attached hydrogens (tertiary/aromatic N) is 5. The minimum absolute atomic E-state index is 0.0119. The number of likely N-dealkylation sites (tertiary alicyclic amines) is 1. The van der Waals surface area contributed by atoms with Crippen LogP contribution in [0, 0.1) is 35.5 Å². The van der Waals surface area contributed by atoms with Crippen molar-refractivity contribution < 1.29 is 80.4 Å². The highest BCUT2D eigenvalue weighted by molar-refractivity contribution is 7.95. The van der Waals surface area contributed by atoms with Gasteiger partial charge in [-0.3, -0.25) is 43.3 Å². The molecule has 1 saturated heterocycles. The number of benzene rings is 2. The normalized spacial score (nSPS) is 17.9. The number of anilines is 1. The molecule has 27 heteroatoms. The van der Waals surface area contributed by atoms with Gasteiger partial charge in [0.1, 0.15) is 12.1 Å². The van der Waals surface area contributed by atoms with Gasteiger partial charge in [-0.05, 0) is 73.2 Å². The molecule has 0 aliphatic carbocycles. The highest BCUT2D eigenvalue weighted by Gasteiger charge is 2.44. The molecule has 4 N–H and O–H groups in total. The van der Waals surface area contributed by atoms with Gasteiger partial charge in [-0.2, -0.15) is 8.42 Å². The van der Waals surface area contributed by atoms with E-state index in [0.29, 0.717) is 48.8 Å². The lowest BCUT2D eigenvalue weighted by molar-refractivity contribution is -0.148. The molecule has 96 heavy (non-hydrogen) atoms. The van der Waals surface area contributed by atoms with Crippen molar-refractivity contribution in [3.05, 3.63) is 76.2 Å². The van der Waals surface area contributed by atoms with E-state index in [1.807, 2.05) is 97.7 Å². The van der Waals surface area contributed by atoms with Crippen molar-refractivity contribution in [1.29, 1.82) is 0 Å². The summed E-state index contributed by atoms with van der Waals surface area (Å²) < 4.78 is 52.5. The van der Waals surface area contributed by atoms with Crippen LogP contribution in [0.4, 0.5) is 5.69 Å². The molecule has 1 unspecified atom stereocenters. The van der Waals surface area contributed by atoms with Crippen LogP contribution < -0.4 is 20.9 Å². The predicted octanol–water partition coefficient (Wildman–Crippen LogP) is 5.45. The number of nitrogens with one attached hydrogen (secondary N) is 3. The van der Waals surface area contributed by atoms with Gasteiger partial charge in [0.05, 0.1) is 94.9 Å². The molecule has 2 aromatic rings. The maximum Gasteiger partial charge on any atom is 0.326 e. The summed E-state index contributed by atoms with van der Waals surface area (Å²) in [6, 6.07) is 11.9. The molecule has 0 spiro atoms. The average Bonchev–Trinajstić information content (AvgIpc) is 1.54. The van der Waals surface area contributed by atoms with Gasteiger partial charge in [-0.15, -0.1) is 0 Å². The van der Waals surface area contributed by atoms with Crippen LogP contribution in [0.2, 0.25) is 0 Å². The Bertz CT molecular complexity index is 3030. The van der Waals surface area contributed by atoms with E-state index in [4.69, 9.17) is 35.3 Å². The molecule has 2 aliphatic heterocycles. The fourth-order valence-electron chi connectivity index (χ4n) is 12.4. The van der Waals surface area contributed by atoms with Gasteiger partial charge in [0.2, 0.25) is 35.4 Å². The number of rotatable bonds is 43. The Morgan fingerprint density at radius 2 is 1.32 bits per heavy atom. The second kappa shape index (κ2) is 39.9. The summed E-state index contributed by atoms with van der Waals surface area (Å²) in [5.41, 5.74) is 2.32. The summed E-state index contributed by atoms with van der Waals surface area (Å²) in [6.07, 6.45) is 1.66. The molecular formula is C69H107ClN8O17S. The second-order valence-corrected chi connectivity index (χ2v) is 28.7. The number of aliphatic carboxylic acids is 1. The number of amides is 7. The Balaban J connectivity index is 1.27. The first kappa shape index (κ1) is 82.0. The molecular weight excluding hydrogens is 1280 g/mol. The lowest BCUT2D eigenvalue weighted by Gasteiger charge is -2.41. The monoisotopic (exact) mass is 1390 g/mol. The van der Waals surface area contributed by atoms with E-state index >= 15 is 0 Å². The van der Waals surface area contributed by atoms with E-state index in [1.165, 1.54) is 19.1 Å². The number of methoxy groups -OCH3 is 2. The molecule has 0 bridgehead atoms. The third-order valence-electron chi connectivity index (χ3n) is 18.1. The van der Waals surface area contributed by atoms with Crippen molar-refractivity contribution in [1.82, 2.24) is 35.0 Å². The summed E-state index contributed by atoms with van der Waals surface area (Å²) in [6.45, 7) is 20.1. The number of ketones is 1. The molecule has 2 aliphatic rings. The average molecular weight is 1390 g/mol. The summed E-state index contributed by atoms with van der Waals surface area (Å²) in [7, 11) is 4.20. The largest absolute Gasteiger partial charge is 0.480 e. The van der Waals surface area contributed by atoms with Gasteiger partial charge in [0.15, 0.2) is 10.1 Å². The minimum Gasteiger partial charge on any atom is -0.480 e. The third-order valence-corrected chi connectivity index (χ3v) is 20.4. The molecule has 11 atom stereocenters. The zero-order chi connectivity index (χ0) is 71.7. The summed E-state index contributed by atoms with van der Waals surface area (Å²) >= 11 is 5.60. The Labute approximate surface area is 573 Å². The number of Topliss-reactive ketones (excluding diaryl/α,β-unsaturated/α-hetero) is 1. The molecule has 7 amide bonds. The first-order valence-corrected chi connectivity index (χ1v) is 35.2. The molecule has 0 radical (unpaired) electrons. The van der Waals surface area contributed by atoms with Gasteiger partial charge >= 0.3 is 5.97 Å². The van der Waals surface area contributed by atoms with Crippen molar-refractivity contribution in [2.75, 3.05) is 99.5 Å². The SMILES string of the molecule is CC[C@H](C)[C@H]([C@@H](CC(=O)N1CCCC1[C@H](OC)[C@@H](C)C(=O)N[C@H](Cc1ccccc1)C(=O)O)OC)N(C)C(=O)[C@@H](NC(=O)[C@H](C(C)C)N(C)CCc1ccc(N(C)C(=O)[C@H](C)CC(=O)[C@@H](NC(=O)CCOCCOCCOCCN2C(=O)C=C(Cl)S2(=O)=O)C(C)C)cc1)C(C)C. The number of hydrogen-bond donors (Lipinski definition) is 4. The van der Waals surface area contributed by atoms with Crippen LogP contribution >= 0.6 is 11.6 Å². The van der Waals surface area contributed by atoms with Crippen molar-refractivity contribution in [2.45, 2.75) is 169 Å². The van der Waals surface area contributed by atoms with Crippen LogP contribution in [-0.4, -0.2) is 229 Å². The fourth-order valence-corrected chi connectivity index (χ4v) is 13.8. The number of carbonyl (C=O) groups is 9.